The van der Waals surface area contributed by atoms with Crippen LogP contribution in [0.25, 0.3) is 0 Å². The van der Waals surface area contributed by atoms with Crippen LogP contribution in [0.2, 0.25) is 0 Å². The second-order valence-electron chi connectivity index (χ2n) is 4.05. The highest BCUT2D eigenvalue weighted by Crippen LogP contribution is 2.13. The quantitative estimate of drug-likeness (QED) is 0.634. The van der Waals surface area contributed by atoms with E-state index in [0.29, 0.717) is 6.61 Å². The summed E-state index contributed by atoms with van der Waals surface area (Å²) in [6, 6.07) is 7.44. The van der Waals surface area contributed by atoms with E-state index in [0.717, 1.165) is 24.4 Å². The van der Waals surface area contributed by atoms with Crippen LogP contribution in [-0.4, -0.2) is 16.4 Å². The second-order valence-corrected chi connectivity index (χ2v) is 4.05. The molecule has 0 saturated carbocycles. The monoisotopic (exact) mass is 231 g/mol. The lowest BCUT2D eigenvalue weighted by Crippen LogP contribution is -2.04. The predicted octanol–water partition coefficient (Wildman–Crippen LogP) is 2.24. The zero-order valence-electron chi connectivity index (χ0n) is 9.97. The number of hydrogen-bond donors (Lipinski definition) is 1. The molecule has 90 valence electrons. The van der Waals surface area contributed by atoms with Crippen LogP contribution in [-0.2, 0) is 6.54 Å². The summed E-state index contributed by atoms with van der Waals surface area (Å²) in [5.41, 5.74) is 7.53. The molecular weight excluding hydrogens is 214 g/mol. The minimum Gasteiger partial charge on any atom is -0.494 e. The lowest BCUT2D eigenvalue weighted by atomic mass is 10.3. The molecule has 1 aromatic carbocycles. The van der Waals surface area contributed by atoms with Crippen LogP contribution < -0.4 is 10.5 Å². The minimum absolute atomic E-state index is 0.683. The summed E-state index contributed by atoms with van der Waals surface area (Å²) in [6.45, 7) is 3.60. The third-order valence-corrected chi connectivity index (χ3v) is 2.44. The molecule has 0 spiro atoms. The van der Waals surface area contributed by atoms with Gasteiger partial charge in [-0.2, -0.15) is 5.10 Å². The van der Waals surface area contributed by atoms with Gasteiger partial charge in [-0.3, -0.25) is 4.68 Å². The van der Waals surface area contributed by atoms with E-state index >= 15 is 0 Å². The molecule has 0 aliphatic heterocycles. The molecule has 0 fully saturated rings. The van der Waals surface area contributed by atoms with E-state index < -0.39 is 0 Å². The summed E-state index contributed by atoms with van der Waals surface area (Å²) in [7, 11) is 0. The van der Waals surface area contributed by atoms with Crippen LogP contribution in [0.15, 0.2) is 36.7 Å². The molecule has 0 unspecified atom stereocenters. The van der Waals surface area contributed by atoms with Crippen molar-refractivity contribution in [1.82, 2.24) is 9.78 Å². The average molecular weight is 231 g/mol. The summed E-state index contributed by atoms with van der Waals surface area (Å²) < 4.78 is 7.53. The van der Waals surface area contributed by atoms with Crippen LogP contribution >= 0.6 is 0 Å². The summed E-state index contributed by atoms with van der Waals surface area (Å²) >= 11 is 0. The number of anilines is 1. The number of benzene rings is 1. The van der Waals surface area contributed by atoms with Gasteiger partial charge in [-0.25, -0.2) is 0 Å². The van der Waals surface area contributed by atoms with Gasteiger partial charge in [0.2, 0.25) is 0 Å². The number of aromatic nitrogens is 2. The van der Waals surface area contributed by atoms with Crippen molar-refractivity contribution in [3.05, 3.63) is 42.2 Å². The first-order valence-electron chi connectivity index (χ1n) is 5.71. The molecular formula is C13H17N3O. The van der Waals surface area contributed by atoms with E-state index in [1.165, 1.54) is 5.56 Å². The Morgan fingerprint density at radius 3 is 2.71 bits per heavy atom. The third-order valence-electron chi connectivity index (χ3n) is 2.44. The van der Waals surface area contributed by atoms with Gasteiger partial charge < -0.3 is 10.5 Å². The van der Waals surface area contributed by atoms with Crippen molar-refractivity contribution in [1.29, 1.82) is 0 Å². The van der Waals surface area contributed by atoms with Crippen LogP contribution in [0.4, 0.5) is 5.69 Å². The van der Waals surface area contributed by atoms with E-state index in [1.54, 1.807) is 0 Å². The number of hydrogen-bond acceptors (Lipinski definition) is 3. The maximum Gasteiger partial charge on any atom is 0.119 e. The molecule has 2 N–H and O–H groups in total. The van der Waals surface area contributed by atoms with Crippen molar-refractivity contribution < 1.29 is 4.74 Å². The zero-order valence-corrected chi connectivity index (χ0v) is 9.97. The number of nitrogens with two attached hydrogens (primary N) is 1. The molecule has 0 saturated heterocycles. The fraction of sp³-hybridized carbons (Fsp3) is 0.308. The maximum absolute atomic E-state index is 5.59. The van der Waals surface area contributed by atoms with Gasteiger partial charge in [0.05, 0.1) is 12.8 Å². The standard InChI is InChI=1S/C13H17N3O/c1-11-9-15-16(10-11)7-2-8-17-13-5-3-12(14)4-6-13/h3-6,9-10H,2,7-8,14H2,1H3. The Labute approximate surface area is 101 Å². The summed E-state index contributed by atoms with van der Waals surface area (Å²) in [6.07, 6.45) is 4.83. The molecule has 0 atom stereocenters. The fourth-order valence-electron chi connectivity index (χ4n) is 1.57. The fourth-order valence-corrected chi connectivity index (χ4v) is 1.57. The molecule has 1 aromatic heterocycles. The summed E-state index contributed by atoms with van der Waals surface area (Å²) in [4.78, 5) is 0. The van der Waals surface area contributed by atoms with Gasteiger partial charge in [0.15, 0.2) is 0 Å². The van der Waals surface area contributed by atoms with Crippen molar-refractivity contribution in [3.63, 3.8) is 0 Å². The van der Waals surface area contributed by atoms with Gasteiger partial charge in [0.1, 0.15) is 5.75 Å². The molecule has 0 aliphatic carbocycles. The summed E-state index contributed by atoms with van der Waals surface area (Å²) in [5.74, 6) is 0.857. The zero-order chi connectivity index (χ0) is 12.1. The lowest BCUT2D eigenvalue weighted by molar-refractivity contribution is 0.298. The highest BCUT2D eigenvalue weighted by molar-refractivity contribution is 5.41. The van der Waals surface area contributed by atoms with E-state index in [2.05, 4.69) is 5.10 Å². The Balaban J connectivity index is 1.71. The normalized spacial score (nSPS) is 10.4. The van der Waals surface area contributed by atoms with Crippen molar-refractivity contribution in [2.75, 3.05) is 12.3 Å². The smallest absolute Gasteiger partial charge is 0.119 e. The van der Waals surface area contributed by atoms with Crippen LogP contribution in [0, 0.1) is 6.92 Å². The first-order chi connectivity index (χ1) is 8.24. The number of nitrogens with zero attached hydrogens (tertiary/aromatic N) is 2. The molecule has 2 rings (SSSR count). The Kier molecular flexibility index (Phi) is 3.65. The van der Waals surface area contributed by atoms with Crippen molar-refractivity contribution in [2.24, 2.45) is 0 Å². The molecule has 0 radical (unpaired) electrons. The predicted molar refractivity (Wildman–Crippen MR) is 67.9 cm³/mol. The average Bonchev–Trinajstić information content (AvgIpc) is 2.73. The maximum atomic E-state index is 5.59. The van der Waals surface area contributed by atoms with Gasteiger partial charge in [-0.15, -0.1) is 0 Å². The van der Waals surface area contributed by atoms with E-state index in [4.69, 9.17) is 10.5 Å². The summed E-state index contributed by atoms with van der Waals surface area (Å²) in [5, 5.41) is 4.22. The Hall–Kier alpha value is -1.97. The third kappa shape index (κ3) is 3.52. The van der Waals surface area contributed by atoms with Crippen molar-refractivity contribution in [2.45, 2.75) is 19.9 Å². The Morgan fingerprint density at radius 2 is 2.06 bits per heavy atom. The van der Waals surface area contributed by atoms with E-state index in [9.17, 15) is 0 Å². The molecule has 4 heteroatoms. The van der Waals surface area contributed by atoms with E-state index in [1.807, 2.05) is 48.3 Å². The number of rotatable bonds is 5. The Morgan fingerprint density at radius 1 is 1.29 bits per heavy atom. The number of nitrogen functional groups attached to an aromatic ring is 1. The molecule has 17 heavy (non-hydrogen) atoms. The highest BCUT2D eigenvalue weighted by Gasteiger charge is 1.96. The molecule has 0 aliphatic rings. The molecule has 1 heterocycles. The topological polar surface area (TPSA) is 53.1 Å². The van der Waals surface area contributed by atoms with Crippen molar-refractivity contribution >= 4 is 5.69 Å². The molecule has 0 bridgehead atoms. The second kappa shape index (κ2) is 5.39. The van der Waals surface area contributed by atoms with E-state index in [-0.39, 0.29) is 0 Å². The largest absolute Gasteiger partial charge is 0.494 e. The van der Waals surface area contributed by atoms with Gasteiger partial charge >= 0.3 is 0 Å². The Bertz CT molecular complexity index is 462. The highest BCUT2D eigenvalue weighted by atomic mass is 16.5. The first kappa shape index (κ1) is 11.5. The number of aryl methyl sites for hydroxylation is 2. The van der Waals surface area contributed by atoms with Gasteiger partial charge in [-0.05, 0) is 36.8 Å². The molecule has 0 amide bonds. The van der Waals surface area contributed by atoms with Gasteiger partial charge in [0.25, 0.3) is 0 Å². The minimum atomic E-state index is 0.683. The first-order valence-corrected chi connectivity index (χ1v) is 5.71. The van der Waals surface area contributed by atoms with Gasteiger partial charge in [0, 0.05) is 24.8 Å². The lowest BCUT2D eigenvalue weighted by Gasteiger charge is -2.06. The number of ether oxygens (including phenoxy) is 1. The SMILES string of the molecule is Cc1cnn(CCCOc2ccc(N)cc2)c1. The van der Waals surface area contributed by atoms with Crippen molar-refractivity contribution in [3.8, 4) is 5.75 Å². The van der Waals surface area contributed by atoms with Crippen LogP contribution in [0.3, 0.4) is 0 Å². The van der Waals surface area contributed by atoms with Crippen LogP contribution in [0.1, 0.15) is 12.0 Å². The molecule has 4 nitrogen and oxygen atoms in total. The molecule has 2 aromatic rings. The van der Waals surface area contributed by atoms with Gasteiger partial charge in [-0.1, -0.05) is 0 Å². The van der Waals surface area contributed by atoms with Crippen LogP contribution in [0.5, 0.6) is 5.75 Å².